The number of hydrogen-bond acceptors (Lipinski definition) is 3. The fourth-order valence-electron chi connectivity index (χ4n) is 2.75. The molecule has 6 heteroatoms. The first-order chi connectivity index (χ1) is 10.6. The molecule has 1 aromatic carbocycles. The lowest BCUT2D eigenvalue weighted by molar-refractivity contribution is -0.123. The Balaban J connectivity index is 1.85. The summed E-state index contributed by atoms with van der Waals surface area (Å²) in [7, 11) is 1.46. The molecule has 0 spiro atoms. The normalized spacial score (nSPS) is 15.2. The fraction of sp³-hybridized carbons (Fsp3) is 0.500. The van der Waals surface area contributed by atoms with Crippen molar-refractivity contribution in [3.8, 4) is 5.75 Å². The van der Waals surface area contributed by atoms with E-state index in [1.807, 2.05) is 0 Å². The van der Waals surface area contributed by atoms with Crippen molar-refractivity contribution in [3.05, 3.63) is 28.8 Å². The van der Waals surface area contributed by atoms with E-state index in [1.54, 1.807) is 18.2 Å². The van der Waals surface area contributed by atoms with E-state index >= 15 is 0 Å². The van der Waals surface area contributed by atoms with Crippen molar-refractivity contribution in [2.45, 2.75) is 38.5 Å². The summed E-state index contributed by atoms with van der Waals surface area (Å²) < 4.78 is 5.12. The van der Waals surface area contributed by atoms with Gasteiger partial charge in [-0.25, -0.2) is 0 Å². The molecule has 1 saturated carbocycles. The van der Waals surface area contributed by atoms with Gasteiger partial charge in [-0.15, -0.1) is 0 Å². The van der Waals surface area contributed by atoms with Gasteiger partial charge in [0.2, 0.25) is 5.91 Å². The molecule has 1 aliphatic rings. The zero-order chi connectivity index (χ0) is 15.9. The molecule has 2 N–H and O–H groups in total. The van der Waals surface area contributed by atoms with Gasteiger partial charge in [0.05, 0.1) is 12.7 Å². The average Bonchev–Trinajstić information content (AvgIpc) is 2.53. The molecule has 0 bridgehead atoms. The van der Waals surface area contributed by atoms with Crippen molar-refractivity contribution in [2.75, 3.05) is 7.11 Å². The number of methoxy groups -OCH3 is 1. The number of carbonyl (C=O) groups excluding carboxylic acids is 2. The Morgan fingerprint density at radius 1 is 1.23 bits per heavy atom. The molecule has 1 aliphatic carbocycles. The highest BCUT2D eigenvalue weighted by Gasteiger charge is 2.18. The Morgan fingerprint density at radius 3 is 2.64 bits per heavy atom. The van der Waals surface area contributed by atoms with Crippen molar-refractivity contribution in [2.24, 2.45) is 5.92 Å². The van der Waals surface area contributed by atoms with E-state index < -0.39 is 5.91 Å². The minimum atomic E-state index is -0.425. The van der Waals surface area contributed by atoms with Gasteiger partial charge in [0.25, 0.3) is 5.91 Å². The predicted molar refractivity (Wildman–Crippen MR) is 84.8 cm³/mol. The summed E-state index contributed by atoms with van der Waals surface area (Å²) in [6.07, 6.45) is 6.26. The number of carbonyl (C=O) groups is 2. The highest BCUT2D eigenvalue weighted by atomic mass is 35.5. The fourth-order valence-corrected chi connectivity index (χ4v) is 2.91. The lowest BCUT2D eigenvalue weighted by Gasteiger charge is -2.20. The Kier molecular flexibility index (Phi) is 6.07. The van der Waals surface area contributed by atoms with Gasteiger partial charge in [0.15, 0.2) is 0 Å². The molecular formula is C16H21ClN2O3. The molecule has 5 nitrogen and oxygen atoms in total. The van der Waals surface area contributed by atoms with Crippen LogP contribution in [0, 0.1) is 5.92 Å². The molecule has 0 aliphatic heterocycles. The molecule has 0 saturated heterocycles. The summed E-state index contributed by atoms with van der Waals surface area (Å²) in [5, 5.41) is 0.481. The molecule has 2 amide bonds. The molecular weight excluding hydrogens is 304 g/mol. The maximum atomic E-state index is 12.1. The van der Waals surface area contributed by atoms with Gasteiger partial charge < -0.3 is 4.74 Å². The first kappa shape index (κ1) is 16.6. The van der Waals surface area contributed by atoms with Crippen molar-refractivity contribution in [3.63, 3.8) is 0 Å². The second kappa shape index (κ2) is 8.03. The standard InChI is InChI=1S/C16H21ClN2O3/c1-22-14-10-12(17)7-8-13(14)16(21)19-18-15(20)9-11-5-3-2-4-6-11/h7-8,10-11H,2-6,9H2,1H3,(H,18,20)(H,19,21). The Bertz CT molecular complexity index is 542. The van der Waals surface area contributed by atoms with Crippen LogP contribution in [0.2, 0.25) is 5.02 Å². The number of rotatable bonds is 4. The van der Waals surface area contributed by atoms with E-state index in [-0.39, 0.29) is 5.91 Å². The molecule has 0 radical (unpaired) electrons. The van der Waals surface area contributed by atoms with Crippen LogP contribution < -0.4 is 15.6 Å². The van der Waals surface area contributed by atoms with Crippen LogP contribution in [0.5, 0.6) is 5.75 Å². The maximum absolute atomic E-state index is 12.1. The lowest BCUT2D eigenvalue weighted by Crippen LogP contribution is -2.42. The number of ether oxygens (including phenoxy) is 1. The van der Waals surface area contributed by atoms with Gasteiger partial charge in [-0.3, -0.25) is 20.4 Å². The van der Waals surface area contributed by atoms with Gasteiger partial charge in [0.1, 0.15) is 5.75 Å². The SMILES string of the molecule is COc1cc(Cl)ccc1C(=O)NNC(=O)CC1CCCCC1. The predicted octanol–water partition coefficient (Wildman–Crippen LogP) is 3.08. The molecule has 2 rings (SSSR count). The van der Waals surface area contributed by atoms with Crippen molar-refractivity contribution >= 4 is 23.4 Å². The molecule has 1 fully saturated rings. The molecule has 0 unspecified atom stereocenters. The quantitative estimate of drug-likeness (QED) is 0.836. The van der Waals surface area contributed by atoms with E-state index in [4.69, 9.17) is 16.3 Å². The van der Waals surface area contributed by atoms with E-state index in [0.29, 0.717) is 28.7 Å². The molecule has 0 atom stereocenters. The molecule has 0 aromatic heterocycles. The van der Waals surface area contributed by atoms with Crippen LogP contribution in [0.4, 0.5) is 0 Å². The van der Waals surface area contributed by atoms with Gasteiger partial charge >= 0.3 is 0 Å². The average molecular weight is 325 g/mol. The number of nitrogens with one attached hydrogen (secondary N) is 2. The Morgan fingerprint density at radius 2 is 1.95 bits per heavy atom. The molecule has 120 valence electrons. The summed E-state index contributed by atoms with van der Waals surface area (Å²) in [6.45, 7) is 0. The highest BCUT2D eigenvalue weighted by Crippen LogP contribution is 2.26. The summed E-state index contributed by atoms with van der Waals surface area (Å²) in [5.74, 6) is 0.209. The zero-order valence-electron chi connectivity index (χ0n) is 12.7. The Hall–Kier alpha value is -1.75. The molecule has 1 aromatic rings. The second-order valence-electron chi connectivity index (χ2n) is 5.56. The van der Waals surface area contributed by atoms with Crippen LogP contribution in [0.1, 0.15) is 48.9 Å². The van der Waals surface area contributed by atoms with Crippen LogP contribution in [-0.4, -0.2) is 18.9 Å². The van der Waals surface area contributed by atoms with Gasteiger partial charge in [-0.2, -0.15) is 0 Å². The van der Waals surface area contributed by atoms with Crippen molar-refractivity contribution in [1.29, 1.82) is 0 Å². The lowest BCUT2D eigenvalue weighted by atomic mass is 9.87. The van der Waals surface area contributed by atoms with Crippen LogP contribution in [-0.2, 0) is 4.79 Å². The third kappa shape index (κ3) is 4.63. The van der Waals surface area contributed by atoms with Crippen LogP contribution >= 0.6 is 11.6 Å². The summed E-state index contributed by atoms with van der Waals surface area (Å²) >= 11 is 5.85. The largest absolute Gasteiger partial charge is 0.496 e. The van der Waals surface area contributed by atoms with E-state index in [9.17, 15) is 9.59 Å². The number of hydrazine groups is 1. The third-order valence-corrected chi connectivity index (χ3v) is 4.16. The molecule has 22 heavy (non-hydrogen) atoms. The first-order valence-electron chi connectivity index (χ1n) is 7.53. The summed E-state index contributed by atoms with van der Waals surface area (Å²) in [6, 6.07) is 4.72. The Labute approximate surface area is 135 Å². The van der Waals surface area contributed by atoms with Crippen LogP contribution in [0.25, 0.3) is 0 Å². The summed E-state index contributed by atoms with van der Waals surface area (Å²) in [5.41, 5.74) is 5.21. The summed E-state index contributed by atoms with van der Waals surface area (Å²) in [4.78, 5) is 24.0. The van der Waals surface area contributed by atoms with Crippen LogP contribution in [0.15, 0.2) is 18.2 Å². The maximum Gasteiger partial charge on any atom is 0.273 e. The van der Waals surface area contributed by atoms with Gasteiger partial charge in [0, 0.05) is 11.4 Å². The van der Waals surface area contributed by atoms with Gasteiger partial charge in [-0.1, -0.05) is 30.9 Å². The highest BCUT2D eigenvalue weighted by molar-refractivity contribution is 6.30. The smallest absolute Gasteiger partial charge is 0.273 e. The topological polar surface area (TPSA) is 67.4 Å². The van der Waals surface area contributed by atoms with Gasteiger partial charge in [-0.05, 0) is 37.0 Å². The first-order valence-corrected chi connectivity index (χ1v) is 7.90. The van der Waals surface area contributed by atoms with E-state index in [0.717, 1.165) is 12.8 Å². The van der Waals surface area contributed by atoms with E-state index in [2.05, 4.69) is 10.9 Å². The number of benzene rings is 1. The van der Waals surface area contributed by atoms with Crippen molar-refractivity contribution in [1.82, 2.24) is 10.9 Å². The third-order valence-electron chi connectivity index (χ3n) is 3.92. The van der Waals surface area contributed by atoms with E-state index in [1.165, 1.54) is 26.4 Å². The number of amides is 2. The number of hydrogen-bond donors (Lipinski definition) is 2. The molecule has 0 heterocycles. The number of halogens is 1. The minimum Gasteiger partial charge on any atom is -0.496 e. The minimum absolute atomic E-state index is 0.159. The monoisotopic (exact) mass is 324 g/mol. The van der Waals surface area contributed by atoms with Crippen molar-refractivity contribution < 1.29 is 14.3 Å². The second-order valence-corrected chi connectivity index (χ2v) is 5.99. The zero-order valence-corrected chi connectivity index (χ0v) is 13.4. The van der Waals surface area contributed by atoms with Crippen LogP contribution in [0.3, 0.4) is 0 Å².